The highest BCUT2D eigenvalue weighted by Gasteiger charge is 2.36. The zero-order chi connectivity index (χ0) is 24.3. The zero-order valence-electron chi connectivity index (χ0n) is 20.0. The Balaban J connectivity index is 1.32. The van der Waals surface area contributed by atoms with Gasteiger partial charge in [-0.3, -0.25) is 4.79 Å². The zero-order valence-corrected chi connectivity index (χ0v) is 20.0. The fourth-order valence-corrected chi connectivity index (χ4v) is 5.20. The topological polar surface area (TPSA) is 50.4 Å². The van der Waals surface area contributed by atoms with Crippen molar-refractivity contribution in [3.8, 4) is 5.75 Å². The van der Waals surface area contributed by atoms with Crippen molar-refractivity contribution < 1.29 is 9.53 Å². The van der Waals surface area contributed by atoms with Crippen molar-refractivity contribution in [2.45, 2.75) is 31.4 Å². The molecule has 0 amide bonds. The van der Waals surface area contributed by atoms with E-state index in [0.29, 0.717) is 13.0 Å². The Bertz CT molecular complexity index is 1400. The number of benzene rings is 4. The van der Waals surface area contributed by atoms with E-state index >= 15 is 0 Å². The van der Waals surface area contributed by atoms with Gasteiger partial charge in [0.15, 0.2) is 5.78 Å². The standard InChI is InChI=1S/C32H28N2O2/c35-30-20-25(23-11-5-2-6-12-23)19-29-31(30)32(34-28-14-8-7-13-27(28)33-29)24-15-17-26(18-16-24)36-21-22-9-3-1-4-10-22/h1-18,25,32-34H,19-21H2/t25-,32-/m0/s1. The van der Waals surface area contributed by atoms with Gasteiger partial charge in [0, 0.05) is 17.7 Å². The van der Waals surface area contributed by atoms with Gasteiger partial charge in [-0.1, -0.05) is 84.9 Å². The minimum atomic E-state index is -0.233. The molecule has 1 aliphatic carbocycles. The van der Waals surface area contributed by atoms with E-state index in [1.165, 1.54) is 5.56 Å². The van der Waals surface area contributed by atoms with Crippen molar-refractivity contribution in [2.24, 2.45) is 0 Å². The van der Waals surface area contributed by atoms with Crippen molar-refractivity contribution >= 4 is 17.2 Å². The molecule has 0 saturated heterocycles. The lowest BCUT2D eigenvalue weighted by Crippen LogP contribution is -2.26. The first kappa shape index (κ1) is 22.2. The predicted molar refractivity (Wildman–Crippen MR) is 144 cm³/mol. The van der Waals surface area contributed by atoms with Crippen LogP contribution in [0.15, 0.2) is 120 Å². The number of hydrogen-bond acceptors (Lipinski definition) is 4. The van der Waals surface area contributed by atoms with Crippen LogP contribution in [0.2, 0.25) is 0 Å². The highest BCUT2D eigenvalue weighted by molar-refractivity contribution is 6.01. The van der Waals surface area contributed by atoms with Crippen molar-refractivity contribution in [3.63, 3.8) is 0 Å². The molecule has 36 heavy (non-hydrogen) atoms. The summed E-state index contributed by atoms with van der Waals surface area (Å²) < 4.78 is 5.99. The molecule has 4 heteroatoms. The molecule has 0 bridgehead atoms. The van der Waals surface area contributed by atoms with Crippen LogP contribution in [0.1, 0.15) is 41.5 Å². The highest BCUT2D eigenvalue weighted by Crippen LogP contribution is 2.44. The van der Waals surface area contributed by atoms with E-state index in [1.54, 1.807) is 0 Å². The summed E-state index contributed by atoms with van der Waals surface area (Å²) >= 11 is 0. The quantitative estimate of drug-likeness (QED) is 0.321. The van der Waals surface area contributed by atoms with Crippen LogP contribution >= 0.6 is 0 Å². The Hall–Kier alpha value is -4.31. The molecule has 0 spiro atoms. The van der Waals surface area contributed by atoms with E-state index in [2.05, 4.69) is 59.2 Å². The minimum absolute atomic E-state index is 0.171. The molecule has 4 nitrogen and oxygen atoms in total. The second-order valence-electron chi connectivity index (χ2n) is 9.42. The van der Waals surface area contributed by atoms with Crippen LogP contribution in [0.5, 0.6) is 5.75 Å². The molecule has 2 atom stereocenters. The second-order valence-corrected chi connectivity index (χ2v) is 9.42. The van der Waals surface area contributed by atoms with Crippen LogP contribution in [-0.2, 0) is 11.4 Å². The molecule has 178 valence electrons. The largest absolute Gasteiger partial charge is 0.489 e. The van der Waals surface area contributed by atoms with Gasteiger partial charge in [-0.25, -0.2) is 0 Å². The Kier molecular flexibility index (Phi) is 6.00. The highest BCUT2D eigenvalue weighted by atomic mass is 16.5. The first-order valence-corrected chi connectivity index (χ1v) is 12.4. The van der Waals surface area contributed by atoms with Gasteiger partial charge in [-0.15, -0.1) is 0 Å². The van der Waals surface area contributed by atoms with Gasteiger partial charge in [0.1, 0.15) is 12.4 Å². The summed E-state index contributed by atoms with van der Waals surface area (Å²) in [7, 11) is 0. The second kappa shape index (κ2) is 9.74. The van der Waals surface area contributed by atoms with Gasteiger partial charge in [0.2, 0.25) is 0 Å². The molecule has 2 aliphatic rings. The summed E-state index contributed by atoms with van der Waals surface area (Å²) in [5.41, 5.74) is 7.21. The van der Waals surface area contributed by atoms with Gasteiger partial charge < -0.3 is 15.4 Å². The fourth-order valence-electron chi connectivity index (χ4n) is 5.20. The number of Topliss-reactive ketones (excluding diaryl/α,β-unsaturated/α-hetero) is 1. The fraction of sp³-hybridized carbons (Fsp3) is 0.156. The molecular weight excluding hydrogens is 444 g/mol. The molecule has 0 radical (unpaired) electrons. The van der Waals surface area contributed by atoms with Crippen LogP contribution in [0, 0.1) is 0 Å². The summed E-state index contributed by atoms with van der Waals surface area (Å²) in [6.45, 7) is 0.522. The number of anilines is 2. The molecule has 1 heterocycles. The first-order chi connectivity index (χ1) is 17.7. The number of ether oxygens (including phenoxy) is 1. The average molecular weight is 473 g/mol. The van der Waals surface area contributed by atoms with E-state index < -0.39 is 0 Å². The van der Waals surface area contributed by atoms with Crippen molar-refractivity contribution in [1.29, 1.82) is 0 Å². The van der Waals surface area contributed by atoms with E-state index in [1.807, 2.05) is 60.7 Å². The van der Waals surface area contributed by atoms with Crippen LogP contribution in [0.4, 0.5) is 11.4 Å². The number of carbonyl (C=O) groups excluding carboxylic acids is 1. The van der Waals surface area contributed by atoms with Crippen LogP contribution in [-0.4, -0.2) is 5.78 Å². The number of nitrogens with one attached hydrogen (secondary N) is 2. The number of hydrogen-bond donors (Lipinski definition) is 2. The molecular formula is C32H28N2O2. The van der Waals surface area contributed by atoms with E-state index in [0.717, 1.165) is 45.9 Å². The third-order valence-corrected chi connectivity index (χ3v) is 7.04. The molecule has 4 aromatic carbocycles. The third-order valence-electron chi connectivity index (χ3n) is 7.04. The Labute approximate surface area is 211 Å². The molecule has 4 aromatic rings. The minimum Gasteiger partial charge on any atom is -0.489 e. The van der Waals surface area contributed by atoms with E-state index in [-0.39, 0.29) is 17.7 Å². The van der Waals surface area contributed by atoms with Crippen LogP contribution in [0.3, 0.4) is 0 Å². The van der Waals surface area contributed by atoms with Gasteiger partial charge in [0.05, 0.1) is 17.4 Å². The van der Waals surface area contributed by atoms with Crippen LogP contribution < -0.4 is 15.4 Å². The summed E-state index contributed by atoms with van der Waals surface area (Å²) in [6, 6.07) is 36.5. The lowest BCUT2D eigenvalue weighted by atomic mass is 9.78. The molecule has 2 N–H and O–H groups in total. The van der Waals surface area contributed by atoms with Gasteiger partial charge in [-0.05, 0) is 53.3 Å². The summed E-state index contributed by atoms with van der Waals surface area (Å²) in [5.74, 6) is 1.17. The lowest BCUT2D eigenvalue weighted by molar-refractivity contribution is -0.116. The summed E-state index contributed by atoms with van der Waals surface area (Å²) in [5, 5.41) is 7.27. The number of fused-ring (bicyclic) bond motifs is 1. The van der Waals surface area contributed by atoms with E-state index in [4.69, 9.17) is 4.74 Å². The molecule has 6 rings (SSSR count). The number of allylic oxidation sites excluding steroid dienone is 1. The number of para-hydroxylation sites is 2. The average Bonchev–Trinajstić information content (AvgIpc) is 3.10. The van der Waals surface area contributed by atoms with Gasteiger partial charge >= 0.3 is 0 Å². The smallest absolute Gasteiger partial charge is 0.163 e. The molecule has 0 fully saturated rings. The first-order valence-electron chi connectivity index (χ1n) is 12.4. The Morgan fingerprint density at radius 1 is 0.694 bits per heavy atom. The number of carbonyl (C=O) groups is 1. The maximum atomic E-state index is 13.7. The normalized spacial score (nSPS) is 18.8. The van der Waals surface area contributed by atoms with Crippen molar-refractivity contribution in [1.82, 2.24) is 0 Å². The summed E-state index contributed by atoms with van der Waals surface area (Å²) in [4.78, 5) is 13.7. The molecule has 0 aromatic heterocycles. The maximum Gasteiger partial charge on any atom is 0.163 e. The predicted octanol–water partition coefficient (Wildman–Crippen LogP) is 7.25. The molecule has 0 saturated carbocycles. The molecule has 0 unspecified atom stereocenters. The van der Waals surface area contributed by atoms with Crippen molar-refractivity contribution in [2.75, 3.05) is 10.6 Å². The number of rotatable bonds is 5. The maximum absolute atomic E-state index is 13.7. The Morgan fingerprint density at radius 3 is 2.11 bits per heavy atom. The Morgan fingerprint density at radius 2 is 1.36 bits per heavy atom. The molecule has 1 aliphatic heterocycles. The van der Waals surface area contributed by atoms with Crippen LogP contribution in [0.25, 0.3) is 0 Å². The monoisotopic (exact) mass is 472 g/mol. The van der Waals surface area contributed by atoms with Gasteiger partial charge in [0.25, 0.3) is 0 Å². The lowest BCUT2D eigenvalue weighted by Gasteiger charge is -2.30. The third kappa shape index (κ3) is 4.50. The van der Waals surface area contributed by atoms with Crippen molar-refractivity contribution in [3.05, 3.63) is 137 Å². The summed E-state index contributed by atoms with van der Waals surface area (Å²) in [6.07, 6.45) is 1.31. The van der Waals surface area contributed by atoms with Gasteiger partial charge in [-0.2, -0.15) is 0 Å². The SMILES string of the molecule is O=C1C[C@@H](c2ccccc2)CC2=C1[C@H](c1ccc(OCc3ccccc3)cc1)Nc1ccccc1N2. The van der Waals surface area contributed by atoms with E-state index in [9.17, 15) is 4.79 Å². The number of ketones is 1.